The van der Waals surface area contributed by atoms with E-state index in [4.69, 9.17) is 9.97 Å². The van der Waals surface area contributed by atoms with Crippen molar-refractivity contribution in [2.24, 2.45) is 0 Å². The minimum absolute atomic E-state index is 0.735. The zero-order valence-corrected chi connectivity index (χ0v) is 18.4. The SMILES string of the molecule is CC.c1ccc(-c2ccc(-c3cc(-c4ccccc4)nc(-c4ccccc4)n3)cc2)cc1. The van der Waals surface area contributed by atoms with Gasteiger partial charge in [0.1, 0.15) is 0 Å². The number of benzene rings is 4. The monoisotopic (exact) mass is 414 g/mol. The van der Waals surface area contributed by atoms with Gasteiger partial charge in [0.25, 0.3) is 0 Å². The van der Waals surface area contributed by atoms with Crippen molar-refractivity contribution in [3.8, 4) is 45.0 Å². The second-order valence-corrected chi connectivity index (χ2v) is 7.14. The second kappa shape index (κ2) is 10.3. The standard InChI is InChI=1S/C28H20N2.C2H6/c1-4-10-21(11-5-1)22-16-18-24(19-17-22)27-20-26(23-12-6-2-7-13-23)29-28(30-27)25-14-8-3-9-15-25;1-2/h1-20H;1-2H3. The highest BCUT2D eigenvalue weighted by atomic mass is 14.9. The zero-order valence-electron chi connectivity index (χ0n) is 18.4. The maximum atomic E-state index is 4.89. The van der Waals surface area contributed by atoms with Gasteiger partial charge < -0.3 is 0 Å². The van der Waals surface area contributed by atoms with Crippen molar-refractivity contribution < 1.29 is 0 Å². The zero-order chi connectivity index (χ0) is 22.2. The van der Waals surface area contributed by atoms with Crippen molar-refractivity contribution in [3.05, 3.63) is 121 Å². The molecule has 0 amide bonds. The highest BCUT2D eigenvalue weighted by Crippen LogP contribution is 2.29. The Kier molecular flexibility index (Phi) is 6.84. The Bertz CT molecular complexity index is 1190. The molecule has 0 aliphatic carbocycles. The van der Waals surface area contributed by atoms with Crippen LogP contribution in [0.25, 0.3) is 45.0 Å². The maximum absolute atomic E-state index is 4.89. The highest BCUT2D eigenvalue weighted by molar-refractivity contribution is 5.74. The summed E-state index contributed by atoms with van der Waals surface area (Å²) in [4.78, 5) is 9.74. The Morgan fingerprint density at radius 2 is 0.719 bits per heavy atom. The second-order valence-electron chi connectivity index (χ2n) is 7.14. The van der Waals surface area contributed by atoms with Crippen molar-refractivity contribution in [2.75, 3.05) is 0 Å². The molecule has 1 heterocycles. The number of rotatable bonds is 4. The van der Waals surface area contributed by atoms with Crippen LogP contribution in [-0.2, 0) is 0 Å². The van der Waals surface area contributed by atoms with Crippen LogP contribution in [-0.4, -0.2) is 9.97 Å². The van der Waals surface area contributed by atoms with Crippen LogP contribution in [0.3, 0.4) is 0 Å². The summed E-state index contributed by atoms with van der Waals surface area (Å²) in [5.74, 6) is 0.735. The minimum atomic E-state index is 0.735. The van der Waals surface area contributed by atoms with Gasteiger partial charge in [0.15, 0.2) is 5.82 Å². The minimum Gasteiger partial charge on any atom is -0.228 e. The molecule has 5 aromatic rings. The number of hydrogen-bond acceptors (Lipinski definition) is 2. The molecule has 0 spiro atoms. The van der Waals surface area contributed by atoms with Gasteiger partial charge in [-0.15, -0.1) is 0 Å². The summed E-state index contributed by atoms with van der Waals surface area (Å²) in [5.41, 5.74) is 7.42. The first-order valence-electron chi connectivity index (χ1n) is 11.0. The molecule has 32 heavy (non-hydrogen) atoms. The first-order chi connectivity index (χ1) is 15.9. The third-order valence-electron chi connectivity index (χ3n) is 5.12. The number of nitrogens with zero attached hydrogens (tertiary/aromatic N) is 2. The maximum Gasteiger partial charge on any atom is 0.160 e. The molecule has 4 aromatic carbocycles. The lowest BCUT2D eigenvalue weighted by atomic mass is 10.0. The van der Waals surface area contributed by atoms with Crippen LogP contribution in [0.1, 0.15) is 13.8 Å². The van der Waals surface area contributed by atoms with E-state index in [0.29, 0.717) is 0 Å². The molecule has 5 rings (SSSR count). The lowest BCUT2D eigenvalue weighted by molar-refractivity contribution is 1.18. The predicted molar refractivity (Wildman–Crippen MR) is 135 cm³/mol. The van der Waals surface area contributed by atoms with Crippen LogP contribution in [0.15, 0.2) is 121 Å². The molecule has 0 fully saturated rings. The Labute approximate surface area is 190 Å². The normalized spacial score (nSPS) is 10.2. The molecule has 0 atom stereocenters. The van der Waals surface area contributed by atoms with E-state index >= 15 is 0 Å². The molecule has 2 nitrogen and oxygen atoms in total. The van der Waals surface area contributed by atoms with E-state index in [1.54, 1.807) is 0 Å². The van der Waals surface area contributed by atoms with Crippen LogP contribution in [0.5, 0.6) is 0 Å². The summed E-state index contributed by atoms with van der Waals surface area (Å²) in [7, 11) is 0. The van der Waals surface area contributed by atoms with E-state index in [9.17, 15) is 0 Å². The lowest BCUT2D eigenvalue weighted by Crippen LogP contribution is -1.95. The molecular formula is C30H26N2. The average molecular weight is 415 g/mol. The fraction of sp³-hybridized carbons (Fsp3) is 0.0667. The van der Waals surface area contributed by atoms with Gasteiger partial charge >= 0.3 is 0 Å². The Morgan fingerprint density at radius 1 is 0.375 bits per heavy atom. The van der Waals surface area contributed by atoms with E-state index in [0.717, 1.165) is 33.9 Å². The van der Waals surface area contributed by atoms with Crippen molar-refractivity contribution in [2.45, 2.75) is 13.8 Å². The summed E-state index contributed by atoms with van der Waals surface area (Å²) in [6, 6.07) is 41.4. The summed E-state index contributed by atoms with van der Waals surface area (Å²) in [6.07, 6.45) is 0. The van der Waals surface area contributed by atoms with E-state index in [1.165, 1.54) is 11.1 Å². The fourth-order valence-electron chi connectivity index (χ4n) is 3.53. The molecule has 0 bridgehead atoms. The van der Waals surface area contributed by atoms with Gasteiger partial charge in [0, 0.05) is 16.7 Å². The predicted octanol–water partition coefficient (Wildman–Crippen LogP) is 8.17. The van der Waals surface area contributed by atoms with Crippen LogP contribution < -0.4 is 0 Å². The highest BCUT2D eigenvalue weighted by Gasteiger charge is 2.10. The molecule has 0 aliphatic heterocycles. The van der Waals surface area contributed by atoms with Crippen molar-refractivity contribution >= 4 is 0 Å². The van der Waals surface area contributed by atoms with Gasteiger partial charge in [-0.1, -0.05) is 129 Å². The molecule has 0 aliphatic rings. The largest absolute Gasteiger partial charge is 0.228 e. The third kappa shape index (κ3) is 4.81. The topological polar surface area (TPSA) is 25.8 Å². The van der Waals surface area contributed by atoms with Crippen LogP contribution in [0.4, 0.5) is 0 Å². The molecule has 156 valence electrons. The molecule has 0 unspecified atom stereocenters. The van der Waals surface area contributed by atoms with Crippen LogP contribution in [0, 0.1) is 0 Å². The van der Waals surface area contributed by atoms with Gasteiger partial charge in [0.2, 0.25) is 0 Å². The van der Waals surface area contributed by atoms with Crippen molar-refractivity contribution in [3.63, 3.8) is 0 Å². The Morgan fingerprint density at radius 3 is 1.22 bits per heavy atom. The van der Waals surface area contributed by atoms with Crippen molar-refractivity contribution in [1.29, 1.82) is 0 Å². The van der Waals surface area contributed by atoms with E-state index in [1.807, 2.05) is 68.4 Å². The van der Waals surface area contributed by atoms with Gasteiger partial charge in [-0.3, -0.25) is 0 Å². The van der Waals surface area contributed by atoms with Gasteiger partial charge in [-0.25, -0.2) is 9.97 Å². The molecule has 0 saturated carbocycles. The van der Waals surface area contributed by atoms with Gasteiger partial charge in [-0.2, -0.15) is 0 Å². The molecule has 0 N–H and O–H groups in total. The first-order valence-corrected chi connectivity index (χ1v) is 11.0. The molecule has 2 heteroatoms. The Balaban J connectivity index is 0.00000119. The lowest BCUT2D eigenvalue weighted by Gasteiger charge is -2.10. The quantitative estimate of drug-likeness (QED) is 0.296. The van der Waals surface area contributed by atoms with Crippen LogP contribution >= 0.6 is 0 Å². The summed E-state index contributed by atoms with van der Waals surface area (Å²) in [6.45, 7) is 4.00. The number of aromatic nitrogens is 2. The van der Waals surface area contributed by atoms with Crippen LogP contribution in [0.2, 0.25) is 0 Å². The third-order valence-corrected chi connectivity index (χ3v) is 5.12. The summed E-state index contributed by atoms with van der Waals surface area (Å²) < 4.78 is 0. The summed E-state index contributed by atoms with van der Waals surface area (Å²) in [5, 5.41) is 0. The summed E-state index contributed by atoms with van der Waals surface area (Å²) >= 11 is 0. The van der Waals surface area contributed by atoms with E-state index in [2.05, 4.69) is 66.7 Å². The van der Waals surface area contributed by atoms with Gasteiger partial charge in [0.05, 0.1) is 11.4 Å². The molecular weight excluding hydrogens is 388 g/mol. The Hall–Kier alpha value is -4.04. The molecule has 0 radical (unpaired) electrons. The van der Waals surface area contributed by atoms with E-state index in [-0.39, 0.29) is 0 Å². The fourth-order valence-corrected chi connectivity index (χ4v) is 3.53. The number of hydrogen-bond donors (Lipinski definition) is 0. The van der Waals surface area contributed by atoms with Gasteiger partial charge in [-0.05, 0) is 17.2 Å². The van der Waals surface area contributed by atoms with Crippen molar-refractivity contribution in [1.82, 2.24) is 9.97 Å². The molecule has 1 aromatic heterocycles. The smallest absolute Gasteiger partial charge is 0.160 e. The first kappa shape index (κ1) is 21.2. The van der Waals surface area contributed by atoms with E-state index < -0.39 is 0 Å². The average Bonchev–Trinajstić information content (AvgIpc) is 2.91. The molecule has 0 saturated heterocycles.